The van der Waals surface area contributed by atoms with Crippen LogP contribution in [-0.4, -0.2) is 86.4 Å². The molecule has 2 aromatic rings. The van der Waals surface area contributed by atoms with E-state index in [1.165, 1.54) is 41.9 Å². The number of likely N-dealkylation sites (tertiary alicyclic amines) is 1. The van der Waals surface area contributed by atoms with Crippen LogP contribution in [0.4, 0.5) is 0 Å². The molecule has 1 heterocycles. The van der Waals surface area contributed by atoms with E-state index in [4.69, 9.17) is 4.74 Å². The van der Waals surface area contributed by atoms with Gasteiger partial charge in [0.2, 0.25) is 10.0 Å². The summed E-state index contributed by atoms with van der Waals surface area (Å²) in [6.45, 7) is 1.98. The largest absolute Gasteiger partial charge is 0.383 e. The van der Waals surface area contributed by atoms with Crippen LogP contribution in [0.15, 0.2) is 63.2 Å². The Bertz CT molecular complexity index is 1350. The molecule has 1 aliphatic heterocycles. The van der Waals surface area contributed by atoms with Crippen LogP contribution < -0.4 is 0 Å². The molecule has 1 saturated heterocycles. The predicted octanol–water partition coefficient (Wildman–Crippen LogP) is 1.80. The van der Waals surface area contributed by atoms with Crippen molar-refractivity contribution in [3.8, 4) is 0 Å². The van der Waals surface area contributed by atoms with Gasteiger partial charge >= 0.3 is 0 Å². The Labute approximate surface area is 208 Å². The molecule has 35 heavy (non-hydrogen) atoms. The molecule has 0 unspecified atom stereocenters. The molecule has 0 saturated carbocycles. The Morgan fingerprint density at radius 3 is 2.11 bits per heavy atom. The first-order valence-electron chi connectivity index (χ1n) is 11.2. The lowest BCUT2D eigenvalue weighted by molar-refractivity contribution is 0.124. The normalized spacial score (nSPS) is 16.6. The van der Waals surface area contributed by atoms with Crippen LogP contribution in [0.5, 0.6) is 0 Å². The van der Waals surface area contributed by atoms with Crippen molar-refractivity contribution < 1.29 is 30.0 Å². The minimum absolute atomic E-state index is 0.0513. The highest BCUT2D eigenvalue weighted by Gasteiger charge is 2.34. The van der Waals surface area contributed by atoms with E-state index in [0.29, 0.717) is 37.4 Å². The summed E-state index contributed by atoms with van der Waals surface area (Å²) in [6.07, 6.45) is 3.33. The maximum Gasteiger partial charge on any atom is 0.243 e. The van der Waals surface area contributed by atoms with E-state index in [-0.39, 0.29) is 29.0 Å². The van der Waals surface area contributed by atoms with Crippen LogP contribution in [0, 0.1) is 0 Å². The van der Waals surface area contributed by atoms with Crippen molar-refractivity contribution in [1.29, 1.82) is 0 Å². The molecule has 12 heteroatoms. The molecule has 0 aliphatic carbocycles. The average molecular weight is 545 g/mol. The lowest BCUT2D eigenvalue weighted by Gasteiger charge is -2.38. The smallest absolute Gasteiger partial charge is 0.243 e. The number of rotatable bonds is 10. The molecule has 1 aliphatic rings. The lowest BCUT2D eigenvalue weighted by Crippen LogP contribution is -2.48. The summed E-state index contributed by atoms with van der Waals surface area (Å²) in [4.78, 5) is 2.30. The number of nitrogens with zero attached hydrogens (tertiary/aromatic N) is 2. The minimum atomic E-state index is -3.97. The molecule has 9 nitrogen and oxygen atoms in total. The molecular weight excluding hydrogens is 512 g/mol. The summed E-state index contributed by atoms with van der Waals surface area (Å²) < 4.78 is 81.8. The Morgan fingerprint density at radius 1 is 0.886 bits per heavy atom. The zero-order chi connectivity index (χ0) is 25.9. The van der Waals surface area contributed by atoms with E-state index in [2.05, 4.69) is 4.90 Å². The number of benzene rings is 2. The number of sulfonamides is 1. The highest BCUT2D eigenvalue weighted by Crippen LogP contribution is 2.27. The van der Waals surface area contributed by atoms with Gasteiger partial charge in [0.25, 0.3) is 0 Å². The van der Waals surface area contributed by atoms with Gasteiger partial charge in [-0.25, -0.2) is 25.3 Å². The molecular formula is C23H32N2O7S3. The van der Waals surface area contributed by atoms with Crippen molar-refractivity contribution in [1.82, 2.24) is 9.21 Å². The molecule has 0 bridgehead atoms. The molecule has 3 rings (SSSR count). The fourth-order valence-electron chi connectivity index (χ4n) is 4.28. The van der Waals surface area contributed by atoms with Gasteiger partial charge in [-0.05, 0) is 42.7 Å². The fraction of sp³-hybridized carbons (Fsp3) is 0.478. The van der Waals surface area contributed by atoms with E-state index < -0.39 is 29.7 Å². The van der Waals surface area contributed by atoms with Crippen molar-refractivity contribution in [2.75, 3.05) is 45.9 Å². The molecule has 0 atom stereocenters. The number of hydrogen-bond donors (Lipinski definition) is 0. The van der Waals surface area contributed by atoms with Crippen molar-refractivity contribution in [2.24, 2.45) is 0 Å². The van der Waals surface area contributed by atoms with Gasteiger partial charge in [0.1, 0.15) is 0 Å². The predicted molar refractivity (Wildman–Crippen MR) is 133 cm³/mol. The van der Waals surface area contributed by atoms with Gasteiger partial charge in [-0.1, -0.05) is 24.3 Å². The molecule has 194 valence electrons. The first-order chi connectivity index (χ1) is 16.3. The van der Waals surface area contributed by atoms with E-state index in [9.17, 15) is 25.3 Å². The molecule has 0 spiro atoms. The molecule has 0 aromatic heterocycles. The first-order valence-corrected chi connectivity index (χ1v) is 16.4. The summed E-state index contributed by atoms with van der Waals surface area (Å²) >= 11 is 0. The van der Waals surface area contributed by atoms with Gasteiger partial charge in [0, 0.05) is 51.8 Å². The van der Waals surface area contributed by atoms with Gasteiger partial charge in [-0.3, -0.25) is 4.90 Å². The van der Waals surface area contributed by atoms with Crippen LogP contribution in [0.25, 0.3) is 0 Å². The second-order valence-electron chi connectivity index (χ2n) is 8.74. The molecule has 0 amide bonds. The fourth-order valence-corrected chi connectivity index (χ4v) is 7.67. The van der Waals surface area contributed by atoms with Crippen LogP contribution in [-0.2, 0) is 41.0 Å². The van der Waals surface area contributed by atoms with Crippen molar-refractivity contribution >= 4 is 29.7 Å². The standard InChI is InChI=1S/C23H32N2O7S3/c1-32-16-15-25(35(30,31)22-9-6-8-21(17-22)33(2,26)27)20-11-13-24(14-12-20)18-19-7-4-5-10-23(19)34(3,28)29/h4-10,17,20H,11-16,18H2,1-3H3. The minimum Gasteiger partial charge on any atom is -0.383 e. The van der Waals surface area contributed by atoms with Gasteiger partial charge in [0.05, 0.1) is 21.3 Å². The monoisotopic (exact) mass is 544 g/mol. The number of sulfone groups is 2. The van der Waals surface area contributed by atoms with Gasteiger partial charge in [-0.15, -0.1) is 0 Å². The summed E-state index contributed by atoms with van der Waals surface area (Å²) in [5.41, 5.74) is 0.718. The summed E-state index contributed by atoms with van der Waals surface area (Å²) in [7, 11) is -9.39. The van der Waals surface area contributed by atoms with Gasteiger partial charge < -0.3 is 4.74 Å². The zero-order valence-electron chi connectivity index (χ0n) is 20.1. The third-order valence-corrected chi connectivity index (χ3v) is 10.3. The SMILES string of the molecule is COCCN(C1CCN(Cc2ccccc2S(C)(=O)=O)CC1)S(=O)(=O)c1cccc(S(C)(=O)=O)c1. The van der Waals surface area contributed by atoms with E-state index in [1.54, 1.807) is 24.3 Å². The summed E-state index contributed by atoms with van der Waals surface area (Å²) in [5.74, 6) is 0. The third-order valence-electron chi connectivity index (χ3n) is 6.09. The van der Waals surface area contributed by atoms with E-state index in [0.717, 1.165) is 11.8 Å². The van der Waals surface area contributed by atoms with E-state index >= 15 is 0 Å². The van der Waals surface area contributed by atoms with E-state index in [1.807, 2.05) is 0 Å². The molecule has 0 N–H and O–H groups in total. The Hall–Kier alpha value is -1.83. The quantitative estimate of drug-likeness (QED) is 0.444. The Balaban J connectivity index is 1.79. The topological polar surface area (TPSA) is 118 Å². The highest BCUT2D eigenvalue weighted by molar-refractivity contribution is 7.91. The van der Waals surface area contributed by atoms with Crippen LogP contribution >= 0.6 is 0 Å². The third kappa shape index (κ3) is 6.89. The molecule has 2 aromatic carbocycles. The number of methoxy groups -OCH3 is 1. The zero-order valence-corrected chi connectivity index (χ0v) is 22.6. The first kappa shape index (κ1) is 27.8. The molecule has 0 radical (unpaired) electrons. The lowest BCUT2D eigenvalue weighted by atomic mass is 10.0. The van der Waals surface area contributed by atoms with Crippen molar-refractivity contribution in [3.63, 3.8) is 0 Å². The number of piperidine rings is 1. The molecule has 1 fully saturated rings. The number of hydrogen-bond acceptors (Lipinski definition) is 8. The second kappa shape index (κ2) is 11.1. The Morgan fingerprint density at radius 2 is 1.51 bits per heavy atom. The van der Waals surface area contributed by atoms with Crippen molar-refractivity contribution in [2.45, 2.75) is 40.1 Å². The average Bonchev–Trinajstić information content (AvgIpc) is 2.79. The van der Waals surface area contributed by atoms with Crippen LogP contribution in [0.3, 0.4) is 0 Å². The highest BCUT2D eigenvalue weighted by atomic mass is 32.2. The summed E-state index contributed by atoms with van der Waals surface area (Å²) in [5, 5.41) is 0. The summed E-state index contributed by atoms with van der Waals surface area (Å²) in [6, 6.07) is 12.0. The van der Waals surface area contributed by atoms with Crippen LogP contribution in [0.2, 0.25) is 0 Å². The second-order valence-corrected chi connectivity index (χ2v) is 14.6. The van der Waals surface area contributed by atoms with Crippen molar-refractivity contribution in [3.05, 3.63) is 54.1 Å². The van der Waals surface area contributed by atoms with Crippen LogP contribution in [0.1, 0.15) is 18.4 Å². The van der Waals surface area contributed by atoms with Gasteiger partial charge in [-0.2, -0.15) is 4.31 Å². The maximum atomic E-state index is 13.5. The number of ether oxygens (including phenoxy) is 1. The van der Waals surface area contributed by atoms with Gasteiger partial charge in [0.15, 0.2) is 19.7 Å². The Kier molecular flexibility index (Phi) is 8.77. The maximum absolute atomic E-state index is 13.5.